The van der Waals surface area contributed by atoms with Crippen molar-refractivity contribution in [3.8, 4) is 11.5 Å². The molecule has 0 saturated carbocycles. The van der Waals surface area contributed by atoms with E-state index in [0.717, 1.165) is 0 Å². The van der Waals surface area contributed by atoms with Gasteiger partial charge in [0.15, 0.2) is 10.8 Å². The number of anilines is 2. The van der Waals surface area contributed by atoms with Crippen LogP contribution in [0.15, 0.2) is 64.6 Å². The van der Waals surface area contributed by atoms with Crippen LogP contribution in [0.2, 0.25) is 0 Å². The number of nitrogens with zero attached hydrogens (tertiary/aromatic N) is 3. The van der Waals surface area contributed by atoms with Gasteiger partial charge in [0.05, 0.1) is 25.6 Å². The van der Waals surface area contributed by atoms with E-state index >= 15 is 0 Å². The number of ether oxygens (including phenoxy) is 3. The summed E-state index contributed by atoms with van der Waals surface area (Å²) in [6, 6.07) is 14.2. The second-order valence-electron chi connectivity index (χ2n) is 6.68. The molecule has 0 N–H and O–H groups in total. The number of aliphatic imine (C=N–C) groups is 1. The summed E-state index contributed by atoms with van der Waals surface area (Å²) in [5.41, 5.74) is 1.90. The fraction of sp³-hybridized carbons (Fsp3) is 0.130. The van der Waals surface area contributed by atoms with Crippen LogP contribution in [0.4, 0.5) is 10.8 Å². The van der Waals surface area contributed by atoms with Gasteiger partial charge in [-0.15, -0.1) is 11.3 Å². The first kappa shape index (κ1) is 21.3. The smallest absolute Gasteiger partial charge is 0.363 e. The van der Waals surface area contributed by atoms with Gasteiger partial charge in [0.2, 0.25) is 11.8 Å². The van der Waals surface area contributed by atoms with E-state index in [1.165, 1.54) is 29.2 Å². The fourth-order valence-electron chi connectivity index (χ4n) is 3.03. The first-order valence-corrected chi connectivity index (χ1v) is 10.4. The molecule has 1 aliphatic heterocycles. The molecule has 2 aromatic carbocycles. The number of benzene rings is 2. The minimum absolute atomic E-state index is 0.124. The molecule has 3 aromatic rings. The van der Waals surface area contributed by atoms with E-state index in [1.54, 1.807) is 68.1 Å². The zero-order valence-corrected chi connectivity index (χ0v) is 18.4. The van der Waals surface area contributed by atoms with Crippen LogP contribution in [0, 0.1) is 0 Å². The van der Waals surface area contributed by atoms with Gasteiger partial charge in [0.25, 0.3) is 0 Å². The van der Waals surface area contributed by atoms with Gasteiger partial charge in [0.1, 0.15) is 11.5 Å². The Labute approximate surface area is 188 Å². The minimum atomic E-state index is -0.573. The van der Waals surface area contributed by atoms with E-state index in [0.29, 0.717) is 33.6 Å². The quantitative estimate of drug-likeness (QED) is 0.414. The van der Waals surface area contributed by atoms with Gasteiger partial charge in [-0.3, -0.25) is 9.69 Å². The highest BCUT2D eigenvalue weighted by Gasteiger charge is 2.25. The van der Waals surface area contributed by atoms with Crippen LogP contribution in [-0.4, -0.2) is 37.0 Å². The molecule has 0 atom stereocenters. The molecule has 9 heteroatoms. The average molecular weight is 449 g/mol. The van der Waals surface area contributed by atoms with Crippen molar-refractivity contribution in [3.05, 3.63) is 70.9 Å². The highest BCUT2D eigenvalue weighted by molar-refractivity contribution is 7.14. The summed E-state index contributed by atoms with van der Waals surface area (Å²) in [6.45, 7) is 1.46. The zero-order valence-electron chi connectivity index (χ0n) is 17.6. The molecular weight excluding hydrogens is 430 g/mol. The Hall–Kier alpha value is -3.98. The molecule has 162 valence electrons. The van der Waals surface area contributed by atoms with Crippen LogP contribution in [0.5, 0.6) is 11.5 Å². The van der Waals surface area contributed by atoms with Gasteiger partial charge in [-0.05, 0) is 48.5 Å². The lowest BCUT2D eigenvalue weighted by Gasteiger charge is -2.18. The molecule has 2 heterocycles. The second kappa shape index (κ2) is 9.03. The minimum Gasteiger partial charge on any atom is -0.497 e. The Balaban J connectivity index is 1.61. The predicted octanol–water partition coefficient (Wildman–Crippen LogP) is 4.19. The number of rotatable bonds is 6. The third-order valence-corrected chi connectivity index (χ3v) is 5.41. The van der Waals surface area contributed by atoms with Crippen molar-refractivity contribution in [3.63, 3.8) is 0 Å². The summed E-state index contributed by atoms with van der Waals surface area (Å²) in [5, 5.41) is 2.21. The number of esters is 1. The first-order valence-electron chi connectivity index (χ1n) is 9.56. The van der Waals surface area contributed by atoms with Crippen LogP contribution in [0.3, 0.4) is 0 Å². The Morgan fingerprint density at radius 3 is 2.53 bits per heavy atom. The number of methoxy groups -OCH3 is 2. The van der Waals surface area contributed by atoms with E-state index in [-0.39, 0.29) is 17.5 Å². The molecule has 0 aliphatic carbocycles. The maximum atomic E-state index is 12.3. The molecule has 0 saturated heterocycles. The molecule has 1 aromatic heterocycles. The largest absolute Gasteiger partial charge is 0.497 e. The molecular formula is C23H19N3O5S. The summed E-state index contributed by atoms with van der Waals surface area (Å²) < 4.78 is 15.7. The highest BCUT2D eigenvalue weighted by Crippen LogP contribution is 2.31. The molecule has 0 spiro atoms. The number of hydrogen-bond donors (Lipinski definition) is 0. The van der Waals surface area contributed by atoms with Crippen molar-refractivity contribution >= 4 is 46.0 Å². The summed E-state index contributed by atoms with van der Waals surface area (Å²) in [5.74, 6) is 0.745. The molecule has 0 bridgehead atoms. The van der Waals surface area contributed by atoms with E-state index in [2.05, 4.69) is 9.98 Å². The van der Waals surface area contributed by atoms with Crippen LogP contribution >= 0.6 is 11.3 Å². The van der Waals surface area contributed by atoms with Crippen molar-refractivity contribution in [1.29, 1.82) is 0 Å². The molecule has 0 radical (unpaired) electrons. The number of carbonyl (C=O) groups excluding carboxylic acids is 2. The van der Waals surface area contributed by atoms with Gasteiger partial charge < -0.3 is 14.2 Å². The van der Waals surface area contributed by atoms with Crippen LogP contribution in [-0.2, 0) is 14.3 Å². The maximum absolute atomic E-state index is 12.3. The third-order valence-electron chi connectivity index (χ3n) is 4.57. The lowest BCUT2D eigenvalue weighted by molar-refractivity contribution is -0.130. The van der Waals surface area contributed by atoms with Gasteiger partial charge >= 0.3 is 5.97 Å². The molecule has 1 amide bonds. The van der Waals surface area contributed by atoms with Gasteiger partial charge in [-0.25, -0.2) is 14.8 Å². The van der Waals surface area contributed by atoms with Crippen molar-refractivity contribution in [2.45, 2.75) is 6.92 Å². The molecule has 4 rings (SSSR count). The SMILES string of the molecule is COc1ccc(N(C(C)=O)c2nc(/C=C3/N=C(c4cccc(OC)c4)OC3=O)cs2)cc1. The Bertz CT molecular complexity index is 1230. The van der Waals surface area contributed by atoms with E-state index < -0.39 is 5.97 Å². The molecule has 32 heavy (non-hydrogen) atoms. The highest BCUT2D eigenvalue weighted by atomic mass is 32.1. The molecule has 0 fully saturated rings. The summed E-state index contributed by atoms with van der Waals surface area (Å²) in [4.78, 5) is 34.9. The monoisotopic (exact) mass is 449 g/mol. The Kier molecular flexibility index (Phi) is 6.00. The summed E-state index contributed by atoms with van der Waals surface area (Å²) >= 11 is 1.28. The normalized spacial score (nSPS) is 14.2. The molecule has 8 nitrogen and oxygen atoms in total. The Morgan fingerprint density at radius 1 is 1.09 bits per heavy atom. The number of amides is 1. The Morgan fingerprint density at radius 2 is 1.84 bits per heavy atom. The number of thiazole rings is 1. The molecule has 1 aliphatic rings. The average Bonchev–Trinajstić information content (AvgIpc) is 3.41. The summed E-state index contributed by atoms with van der Waals surface area (Å²) in [7, 11) is 3.14. The number of hydrogen-bond acceptors (Lipinski definition) is 8. The van der Waals surface area contributed by atoms with Gasteiger partial charge in [0, 0.05) is 17.9 Å². The van der Waals surface area contributed by atoms with Crippen molar-refractivity contribution in [2.75, 3.05) is 19.1 Å². The topological polar surface area (TPSA) is 90.3 Å². The maximum Gasteiger partial charge on any atom is 0.363 e. The zero-order chi connectivity index (χ0) is 22.7. The van der Waals surface area contributed by atoms with Crippen molar-refractivity contribution < 1.29 is 23.8 Å². The van der Waals surface area contributed by atoms with E-state index in [4.69, 9.17) is 14.2 Å². The van der Waals surface area contributed by atoms with E-state index in [9.17, 15) is 9.59 Å². The standard InChI is InChI=1S/C23H19N3O5S/c1-14(27)26(17-7-9-18(29-2)10-8-17)23-24-16(13-32-23)12-20-22(28)31-21(25-20)15-5-4-6-19(11-15)30-3/h4-13H,1-3H3/b20-12+. The number of aromatic nitrogens is 1. The van der Waals surface area contributed by atoms with Crippen LogP contribution < -0.4 is 14.4 Å². The van der Waals surface area contributed by atoms with Crippen molar-refractivity contribution in [2.24, 2.45) is 4.99 Å². The van der Waals surface area contributed by atoms with Gasteiger partial charge in [-0.1, -0.05) is 6.07 Å². The molecule has 0 unspecified atom stereocenters. The van der Waals surface area contributed by atoms with Crippen LogP contribution in [0.25, 0.3) is 6.08 Å². The predicted molar refractivity (Wildman–Crippen MR) is 122 cm³/mol. The number of carbonyl (C=O) groups is 2. The van der Waals surface area contributed by atoms with Crippen LogP contribution in [0.1, 0.15) is 18.2 Å². The van der Waals surface area contributed by atoms with E-state index in [1.807, 2.05) is 0 Å². The second-order valence-corrected chi connectivity index (χ2v) is 7.51. The number of cyclic esters (lactones) is 1. The fourth-order valence-corrected chi connectivity index (χ4v) is 3.88. The first-order chi connectivity index (χ1) is 15.5. The van der Waals surface area contributed by atoms with Gasteiger partial charge in [-0.2, -0.15) is 0 Å². The lowest BCUT2D eigenvalue weighted by Crippen LogP contribution is -2.22. The third kappa shape index (κ3) is 4.37. The summed E-state index contributed by atoms with van der Waals surface area (Å²) in [6.07, 6.45) is 1.53. The van der Waals surface area contributed by atoms with Crippen molar-refractivity contribution in [1.82, 2.24) is 4.98 Å². The lowest BCUT2D eigenvalue weighted by atomic mass is 10.2.